The number of carbonyl (C=O) groups excluding carboxylic acids is 4. The highest BCUT2D eigenvalue weighted by Gasteiger charge is 2.76. The van der Waals surface area contributed by atoms with E-state index in [4.69, 9.17) is 23.2 Å². The summed E-state index contributed by atoms with van der Waals surface area (Å²) in [7, 11) is 0. The van der Waals surface area contributed by atoms with Crippen LogP contribution in [0.2, 0.25) is 0 Å². The summed E-state index contributed by atoms with van der Waals surface area (Å²) in [6, 6.07) is 9.87. The fraction of sp³-hybridized carbons (Fsp3) is 0.379. The Morgan fingerprint density at radius 2 is 1.69 bits per heavy atom. The number of fused-ring (bicyclic) bond motifs is 4. The molecule has 202 valence electrons. The fourth-order valence-electron chi connectivity index (χ4n) is 7.04. The molecule has 10 heteroatoms. The maximum absolute atomic E-state index is 14.2. The molecular weight excluding hydrogens is 546 g/mol. The Balaban J connectivity index is 1.59. The summed E-state index contributed by atoms with van der Waals surface area (Å²) >= 11 is 14.5. The third kappa shape index (κ3) is 3.21. The van der Waals surface area contributed by atoms with Crippen LogP contribution in [0.5, 0.6) is 5.75 Å². The number of para-hydroxylation sites is 1. The van der Waals surface area contributed by atoms with Crippen molar-refractivity contribution in [3.05, 3.63) is 71.1 Å². The van der Waals surface area contributed by atoms with Crippen molar-refractivity contribution in [1.29, 1.82) is 0 Å². The molecule has 39 heavy (non-hydrogen) atoms. The van der Waals surface area contributed by atoms with Crippen LogP contribution in [0.1, 0.15) is 36.8 Å². The number of hydrogen-bond acceptors (Lipinski definition) is 5. The molecule has 6 rings (SSSR count). The summed E-state index contributed by atoms with van der Waals surface area (Å²) in [6.07, 6.45) is 1.92. The molecule has 0 aromatic heterocycles. The Kier molecular flexibility index (Phi) is 5.76. The highest BCUT2D eigenvalue weighted by molar-refractivity contribution is 6.58. The molecule has 2 aliphatic heterocycles. The zero-order valence-corrected chi connectivity index (χ0v) is 22.7. The highest BCUT2D eigenvalue weighted by atomic mass is 35.5. The van der Waals surface area contributed by atoms with Gasteiger partial charge in [-0.1, -0.05) is 29.8 Å². The summed E-state index contributed by atoms with van der Waals surface area (Å²) < 4.78 is 13.7. The SMILES string of the molecule is CCN1C(=O)C2CC=C3C(CC4(Cl)C(=O)N(c5ccc(F)cc5)C(=O)C4(Cl)C3c3cccc(C)c3O)C2C1=O. The van der Waals surface area contributed by atoms with Crippen LogP contribution < -0.4 is 4.90 Å². The van der Waals surface area contributed by atoms with Crippen LogP contribution in [0.4, 0.5) is 10.1 Å². The van der Waals surface area contributed by atoms with E-state index >= 15 is 0 Å². The molecule has 0 radical (unpaired) electrons. The quantitative estimate of drug-likeness (QED) is 0.335. The summed E-state index contributed by atoms with van der Waals surface area (Å²) in [4.78, 5) is 52.9. The van der Waals surface area contributed by atoms with E-state index < -0.39 is 51.1 Å². The minimum absolute atomic E-state index is 0.102. The second kappa shape index (κ2) is 8.63. The number of nitrogens with zero attached hydrogens (tertiary/aromatic N) is 2. The van der Waals surface area contributed by atoms with Crippen molar-refractivity contribution in [3.63, 3.8) is 0 Å². The molecular formula is C29H25Cl2FN2O5. The van der Waals surface area contributed by atoms with E-state index in [1.54, 1.807) is 32.0 Å². The number of alkyl halides is 2. The normalized spacial score (nSPS) is 33.7. The molecule has 1 saturated carbocycles. The van der Waals surface area contributed by atoms with Crippen LogP contribution in [-0.2, 0) is 19.2 Å². The number of anilines is 1. The standard InChI is InChI=1S/C29H25Cl2FN2O5/c1-3-33-24(36)18-12-11-17-20(21(18)25(33)37)13-28(30)26(38)34(16-9-7-15(32)8-10-16)27(39)29(28,31)22(17)19-6-4-5-14(2)23(19)35/h4-11,18,20-22,35H,3,12-13H2,1-2H3. The van der Waals surface area contributed by atoms with Crippen molar-refractivity contribution in [3.8, 4) is 5.75 Å². The highest BCUT2D eigenvalue weighted by Crippen LogP contribution is 2.66. The van der Waals surface area contributed by atoms with Gasteiger partial charge in [0.2, 0.25) is 11.8 Å². The van der Waals surface area contributed by atoms with Crippen molar-refractivity contribution >= 4 is 52.5 Å². The maximum atomic E-state index is 14.2. The number of aromatic hydroxyl groups is 1. The lowest BCUT2D eigenvalue weighted by atomic mass is 9.56. The van der Waals surface area contributed by atoms with Gasteiger partial charge in [0.1, 0.15) is 11.6 Å². The van der Waals surface area contributed by atoms with Crippen LogP contribution in [0.3, 0.4) is 0 Å². The smallest absolute Gasteiger partial charge is 0.258 e. The third-order valence-corrected chi connectivity index (χ3v) is 10.3. The Hall–Kier alpha value is -3.23. The maximum Gasteiger partial charge on any atom is 0.258 e. The molecule has 4 amide bonds. The Morgan fingerprint density at radius 3 is 2.36 bits per heavy atom. The average Bonchev–Trinajstić information content (AvgIpc) is 3.24. The fourth-order valence-corrected chi connectivity index (χ4v) is 7.96. The van der Waals surface area contributed by atoms with Gasteiger partial charge in [0.15, 0.2) is 9.75 Å². The molecule has 6 unspecified atom stereocenters. The third-order valence-electron chi connectivity index (χ3n) is 8.88. The Labute approximate surface area is 234 Å². The molecule has 2 heterocycles. The zero-order valence-electron chi connectivity index (χ0n) is 21.2. The number of rotatable bonds is 3. The average molecular weight is 571 g/mol. The van der Waals surface area contributed by atoms with Gasteiger partial charge in [0.05, 0.1) is 17.5 Å². The summed E-state index contributed by atoms with van der Waals surface area (Å²) in [5.74, 6) is -5.98. The summed E-state index contributed by atoms with van der Waals surface area (Å²) in [5, 5.41) is 11.2. The van der Waals surface area contributed by atoms with E-state index in [1.165, 1.54) is 17.0 Å². The molecule has 1 N–H and O–H groups in total. The van der Waals surface area contributed by atoms with E-state index in [0.717, 1.165) is 17.0 Å². The molecule has 2 aromatic carbocycles. The Bertz CT molecular complexity index is 1490. The van der Waals surface area contributed by atoms with Gasteiger partial charge in [-0.15, -0.1) is 23.2 Å². The first kappa shape index (κ1) is 26.0. The summed E-state index contributed by atoms with van der Waals surface area (Å²) in [6.45, 7) is 3.64. The largest absolute Gasteiger partial charge is 0.507 e. The van der Waals surface area contributed by atoms with Crippen LogP contribution >= 0.6 is 23.2 Å². The molecule has 7 nitrogen and oxygen atoms in total. The van der Waals surface area contributed by atoms with E-state index in [0.29, 0.717) is 16.7 Å². The lowest BCUT2D eigenvalue weighted by molar-refractivity contribution is -0.140. The molecule has 3 fully saturated rings. The molecule has 0 spiro atoms. The van der Waals surface area contributed by atoms with Gasteiger partial charge in [-0.05, 0) is 62.4 Å². The van der Waals surface area contributed by atoms with E-state index in [1.807, 2.05) is 6.08 Å². The van der Waals surface area contributed by atoms with E-state index in [-0.39, 0.29) is 42.6 Å². The lowest BCUT2D eigenvalue weighted by Crippen LogP contribution is -2.60. The number of amides is 4. The number of imide groups is 2. The lowest BCUT2D eigenvalue weighted by Gasteiger charge is -2.50. The topological polar surface area (TPSA) is 95.0 Å². The van der Waals surface area contributed by atoms with Crippen molar-refractivity contribution in [2.75, 3.05) is 11.4 Å². The number of phenols is 1. The van der Waals surface area contributed by atoms with E-state index in [2.05, 4.69) is 0 Å². The van der Waals surface area contributed by atoms with Crippen LogP contribution in [0, 0.1) is 30.5 Å². The first-order valence-corrected chi connectivity index (χ1v) is 13.6. The monoisotopic (exact) mass is 570 g/mol. The van der Waals surface area contributed by atoms with Crippen molar-refractivity contribution < 1.29 is 28.7 Å². The van der Waals surface area contributed by atoms with E-state index in [9.17, 15) is 28.7 Å². The van der Waals surface area contributed by atoms with Crippen molar-refractivity contribution in [1.82, 2.24) is 4.90 Å². The molecule has 2 saturated heterocycles. The van der Waals surface area contributed by atoms with Crippen molar-refractivity contribution in [2.45, 2.75) is 42.4 Å². The minimum atomic E-state index is -2.07. The van der Waals surface area contributed by atoms with Crippen molar-refractivity contribution in [2.24, 2.45) is 17.8 Å². The number of likely N-dealkylation sites (tertiary alicyclic amines) is 1. The summed E-state index contributed by atoms with van der Waals surface area (Å²) in [5.41, 5.74) is 1.54. The molecule has 0 bridgehead atoms. The van der Waals surface area contributed by atoms with Crippen LogP contribution in [0.15, 0.2) is 54.1 Å². The molecule has 2 aromatic rings. The van der Waals surface area contributed by atoms with Gasteiger partial charge < -0.3 is 5.11 Å². The van der Waals surface area contributed by atoms with Gasteiger partial charge >= 0.3 is 0 Å². The van der Waals surface area contributed by atoms with Crippen LogP contribution in [0.25, 0.3) is 0 Å². The number of allylic oxidation sites excluding steroid dienone is 2. The Morgan fingerprint density at radius 1 is 1.00 bits per heavy atom. The second-order valence-corrected chi connectivity index (χ2v) is 11.9. The van der Waals surface area contributed by atoms with Gasteiger partial charge in [0, 0.05) is 18.0 Å². The first-order chi connectivity index (χ1) is 18.5. The van der Waals surface area contributed by atoms with Gasteiger partial charge in [-0.25, -0.2) is 9.29 Å². The van der Waals surface area contributed by atoms with Gasteiger partial charge in [-0.2, -0.15) is 0 Å². The van der Waals surface area contributed by atoms with Gasteiger partial charge in [0.25, 0.3) is 11.8 Å². The number of phenolic OH excluding ortho intramolecular Hbond substituents is 1. The zero-order chi connectivity index (χ0) is 28.0. The second-order valence-electron chi connectivity index (χ2n) is 10.7. The predicted molar refractivity (Wildman–Crippen MR) is 142 cm³/mol. The number of benzene rings is 2. The number of halogens is 3. The van der Waals surface area contributed by atoms with Gasteiger partial charge in [-0.3, -0.25) is 24.1 Å². The first-order valence-electron chi connectivity index (χ1n) is 12.8. The predicted octanol–water partition coefficient (Wildman–Crippen LogP) is 4.42. The number of aryl methyl sites for hydroxylation is 1. The molecule has 2 aliphatic carbocycles. The minimum Gasteiger partial charge on any atom is -0.507 e. The van der Waals surface area contributed by atoms with Crippen LogP contribution in [-0.4, -0.2) is 49.9 Å². The molecule has 6 atom stereocenters. The number of hydrogen-bond donors (Lipinski definition) is 1. The molecule has 4 aliphatic rings. The number of carbonyl (C=O) groups is 4.